The first-order chi connectivity index (χ1) is 12.1. The molecule has 0 N–H and O–H groups in total. The van der Waals surface area contributed by atoms with Crippen LogP contribution in [0.3, 0.4) is 0 Å². The maximum Gasteiger partial charge on any atom is 0.239 e. The average Bonchev–Trinajstić information content (AvgIpc) is 2.77. The van der Waals surface area contributed by atoms with E-state index in [2.05, 4.69) is 9.98 Å². The van der Waals surface area contributed by atoms with Gasteiger partial charge in [-0.05, 0) is 19.1 Å². The number of hydrogen-bond acceptors (Lipinski definition) is 4. The molecule has 0 aliphatic carbocycles. The van der Waals surface area contributed by atoms with Gasteiger partial charge in [0, 0.05) is 22.2 Å². The van der Waals surface area contributed by atoms with Gasteiger partial charge in [-0.25, -0.2) is 14.4 Å². The summed E-state index contributed by atoms with van der Waals surface area (Å²) in [6.45, 7) is 1.83. The largest absolute Gasteiger partial charge is 0.494 e. The van der Waals surface area contributed by atoms with Gasteiger partial charge in [0.1, 0.15) is 5.70 Å². The molecule has 6 heteroatoms. The third kappa shape index (κ3) is 3.15. The second kappa shape index (κ2) is 7.07. The summed E-state index contributed by atoms with van der Waals surface area (Å²) in [5, 5.41) is 0.514. The van der Waals surface area contributed by atoms with E-state index < -0.39 is 5.82 Å². The zero-order valence-electron chi connectivity index (χ0n) is 14.0. The predicted molar refractivity (Wildman–Crippen MR) is 97.9 cm³/mol. The number of methoxy groups -OCH3 is 2. The van der Waals surface area contributed by atoms with Gasteiger partial charge >= 0.3 is 0 Å². The van der Waals surface area contributed by atoms with Gasteiger partial charge in [-0.1, -0.05) is 35.9 Å². The minimum atomic E-state index is -0.501. The van der Waals surface area contributed by atoms with Crippen molar-refractivity contribution in [3.8, 4) is 5.75 Å². The summed E-state index contributed by atoms with van der Waals surface area (Å²) in [6.07, 6.45) is 1.78. The maximum absolute atomic E-state index is 14.4. The minimum absolute atomic E-state index is 0.0976. The summed E-state index contributed by atoms with van der Waals surface area (Å²) in [7, 11) is 2.92. The summed E-state index contributed by atoms with van der Waals surface area (Å²) < 4.78 is 24.8. The molecule has 3 rings (SSSR count). The summed E-state index contributed by atoms with van der Waals surface area (Å²) in [6, 6.07) is 10.1. The van der Waals surface area contributed by atoms with Crippen LogP contribution in [-0.4, -0.2) is 25.8 Å². The highest BCUT2D eigenvalue weighted by Gasteiger charge is 2.23. The number of benzene rings is 2. The van der Waals surface area contributed by atoms with Crippen molar-refractivity contribution in [2.24, 2.45) is 9.98 Å². The third-order valence-corrected chi connectivity index (χ3v) is 4.12. The van der Waals surface area contributed by atoms with E-state index in [4.69, 9.17) is 21.1 Å². The molecule has 0 fully saturated rings. The van der Waals surface area contributed by atoms with E-state index in [0.29, 0.717) is 39.1 Å². The quantitative estimate of drug-likeness (QED) is 0.764. The average molecular weight is 359 g/mol. The highest BCUT2D eigenvalue weighted by atomic mass is 35.5. The molecule has 0 bridgehead atoms. The topological polar surface area (TPSA) is 43.2 Å². The summed E-state index contributed by atoms with van der Waals surface area (Å²) in [5.41, 5.74) is 2.74. The predicted octanol–water partition coefficient (Wildman–Crippen LogP) is 4.92. The van der Waals surface area contributed by atoms with Crippen molar-refractivity contribution in [1.29, 1.82) is 0 Å². The van der Waals surface area contributed by atoms with E-state index in [1.54, 1.807) is 12.1 Å². The van der Waals surface area contributed by atoms with E-state index in [0.717, 1.165) is 0 Å². The minimum Gasteiger partial charge on any atom is -0.494 e. The van der Waals surface area contributed by atoms with E-state index in [1.807, 2.05) is 25.1 Å². The normalized spacial score (nSPS) is 15.2. The zero-order chi connectivity index (χ0) is 18.0. The molecule has 1 heterocycles. The Morgan fingerprint density at radius 1 is 1.04 bits per heavy atom. The molecule has 25 heavy (non-hydrogen) atoms. The van der Waals surface area contributed by atoms with Crippen LogP contribution in [0.1, 0.15) is 18.1 Å². The lowest BCUT2D eigenvalue weighted by atomic mass is 10.00. The Labute approximate surface area is 150 Å². The van der Waals surface area contributed by atoms with Crippen molar-refractivity contribution in [2.45, 2.75) is 6.92 Å². The molecule has 0 amide bonds. The Kier molecular flexibility index (Phi) is 4.86. The molecule has 2 aromatic carbocycles. The van der Waals surface area contributed by atoms with Gasteiger partial charge in [0.2, 0.25) is 5.90 Å². The molecule has 0 atom stereocenters. The fourth-order valence-corrected chi connectivity index (χ4v) is 2.80. The molecule has 2 aromatic rings. The Balaban J connectivity index is 2.35. The molecule has 0 unspecified atom stereocenters. The molecule has 0 saturated carbocycles. The monoisotopic (exact) mass is 358 g/mol. The Morgan fingerprint density at radius 2 is 1.80 bits per heavy atom. The lowest BCUT2D eigenvalue weighted by molar-refractivity contribution is 0.386. The second-order valence-electron chi connectivity index (χ2n) is 5.24. The molecule has 0 aromatic heterocycles. The van der Waals surface area contributed by atoms with Gasteiger partial charge in [-0.15, -0.1) is 0 Å². The summed E-state index contributed by atoms with van der Waals surface area (Å²) in [5.74, 6) is -0.0704. The molecular formula is C19H16ClFN2O2. The Morgan fingerprint density at radius 3 is 2.44 bits per heavy atom. The number of ether oxygens (including phenoxy) is 2. The SMILES string of the molecule is C/C=C1\N=C(c2ccccc2Cl)c2cc(F)c(OC)cc2N=C1OC. The molecule has 1 aliphatic rings. The fraction of sp³-hybridized carbons (Fsp3) is 0.158. The van der Waals surface area contributed by atoms with Gasteiger partial charge in [0.15, 0.2) is 11.6 Å². The number of fused-ring (bicyclic) bond motifs is 1. The molecule has 128 valence electrons. The van der Waals surface area contributed by atoms with E-state index >= 15 is 0 Å². The van der Waals surface area contributed by atoms with Gasteiger partial charge in [-0.2, -0.15) is 0 Å². The van der Waals surface area contributed by atoms with Crippen molar-refractivity contribution in [3.63, 3.8) is 0 Å². The van der Waals surface area contributed by atoms with E-state index in [9.17, 15) is 4.39 Å². The summed E-state index contributed by atoms with van der Waals surface area (Å²) >= 11 is 6.35. The van der Waals surface area contributed by atoms with Crippen molar-refractivity contribution in [1.82, 2.24) is 0 Å². The smallest absolute Gasteiger partial charge is 0.239 e. The number of hydrogen-bond donors (Lipinski definition) is 0. The van der Waals surface area contributed by atoms with E-state index in [-0.39, 0.29) is 5.75 Å². The Bertz CT molecular complexity index is 920. The van der Waals surface area contributed by atoms with Gasteiger partial charge in [0.05, 0.1) is 25.6 Å². The first-order valence-electron chi connectivity index (χ1n) is 7.60. The zero-order valence-corrected chi connectivity index (χ0v) is 14.8. The summed E-state index contributed by atoms with van der Waals surface area (Å²) in [4.78, 5) is 9.13. The van der Waals surface area contributed by atoms with Crippen molar-refractivity contribution < 1.29 is 13.9 Å². The molecule has 1 aliphatic heterocycles. The highest BCUT2D eigenvalue weighted by molar-refractivity contribution is 6.36. The first-order valence-corrected chi connectivity index (χ1v) is 7.97. The van der Waals surface area contributed by atoms with Crippen LogP contribution in [-0.2, 0) is 4.74 Å². The molecular weight excluding hydrogens is 343 g/mol. The molecule has 0 spiro atoms. The standard InChI is InChI=1S/C19H16ClFN2O2/c1-4-15-19(25-3)23-16-10-17(24-2)14(21)9-12(16)18(22-15)11-7-5-6-8-13(11)20/h4-10H,1-3H3/b15-4-. The maximum atomic E-state index is 14.4. The number of aliphatic imine (C=N–C) groups is 2. The van der Waals surface area contributed by atoms with Gasteiger partial charge in [-0.3, -0.25) is 0 Å². The van der Waals surface area contributed by atoms with Crippen LogP contribution >= 0.6 is 11.6 Å². The van der Waals surface area contributed by atoms with Crippen molar-refractivity contribution in [2.75, 3.05) is 14.2 Å². The van der Waals surface area contributed by atoms with Crippen LogP contribution in [0.5, 0.6) is 5.75 Å². The van der Waals surface area contributed by atoms with Crippen LogP contribution in [0.25, 0.3) is 0 Å². The lowest BCUT2D eigenvalue weighted by Crippen LogP contribution is -2.07. The number of rotatable bonds is 2. The number of allylic oxidation sites excluding steroid dienone is 1. The van der Waals surface area contributed by atoms with Crippen LogP contribution in [0.15, 0.2) is 58.2 Å². The molecule has 0 saturated heterocycles. The van der Waals surface area contributed by atoms with Crippen LogP contribution in [0.2, 0.25) is 5.02 Å². The fourth-order valence-electron chi connectivity index (χ4n) is 2.57. The van der Waals surface area contributed by atoms with Crippen LogP contribution in [0, 0.1) is 5.82 Å². The van der Waals surface area contributed by atoms with Crippen LogP contribution in [0.4, 0.5) is 10.1 Å². The second-order valence-corrected chi connectivity index (χ2v) is 5.65. The first kappa shape index (κ1) is 17.2. The number of halogens is 2. The van der Waals surface area contributed by atoms with Gasteiger partial charge in [0.25, 0.3) is 0 Å². The number of nitrogens with zero attached hydrogens (tertiary/aromatic N) is 2. The van der Waals surface area contributed by atoms with Gasteiger partial charge < -0.3 is 9.47 Å². The van der Waals surface area contributed by atoms with Crippen LogP contribution < -0.4 is 4.74 Å². The molecule has 4 nitrogen and oxygen atoms in total. The van der Waals surface area contributed by atoms with E-state index in [1.165, 1.54) is 26.4 Å². The lowest BCUT2D eigenvalue weighted by Gasteiger charge is -2.11. The Hall–Kier alpha value is -2.66. The molecule has 0 radical (unpaired) electrons. The van der Waals surface area contributed by atoms with Crippen molar-refractivity contribution in [3.05, 3.63) is 70.1 Å². The third-order valence-electron chi connectivity index (χ3n) is 3.79. The van der Waals surface area contributed by atoms with Crippen molar-refractivity contribution >= 4 is 28.9 Å². The highest BCUT2D eigenvalue weighted by Crippen LogP contribution is 2.34.